The van der Waals surface area contributed by atoms with Crippen molar-refractivity contribution in [1.29, 1.82) is 0 Å². The molecule has 3 aromatic heterocycles. The summed E-state index contributed by atoms with van der Waals surface area (Å²) in [7, 11) is 1.63. The van der Waals surface area contributed by atoms with Crippen LogP contribution < -0.4 is 10.1 Å². The molecule has 6 nitrogen and oxygen atoms in total. The monoisotopic (exact) mass is 396 g/mol. The molecule has 8 heteroatoms. The van der Waals surface area contributed by atoms with Crippen molar-refractivity contribution in [2.24, 2.45) is 0 Å². The molecule has 0 saturated carbocycles. The Balaban J connectivity index is 1.39. The van der Waals surface area contributed by atoms with Gasteiger partial charge in [-0.25, -0.2) is 9.97 Å². The van der Waals surface area contributed by atoms with Crippen LogP contribution in [-0.4, -0.2) is 27.6 Å². The molecule has 27 heavy (non-hydrogen) atoms. The van der Waals surface area contributed by atoms with Crippen molar-refractivity contribution in [2.45, 2.75) is 6.42 Å². The summed E-state index contributed by atoms with van der Waals surface area (Å²) in [4.78, 5) is 21.3. The van der Waals surface area contributed by atoms with Crippen molar-refractivity contribution < 1.29 is 9.53 Å². The van der Waals surface area contributed by atoms with Crippen molar-refractivity contribution in [1.82, 2.24) is 14.5 Å². The van der Waals surface area contributed by atoms with Gasteiger partial charge in [-0.1, -0.05) is 0 Å². The molecule has 4 aromatic rings. The van der Waals surface area contributed by atoms with E-state index in [-0.39, 0.29) is 12.3 Å². The van der Waals surface area contributed by atoms with Gasteiger partial charge in [-0.15, -0.1) is 22.7 Å². The van der Waals surface area contributed by atoms with Crippen LogP contribution in [0.1, 0.15) is 5.69 Å². The third-order valence-corrected chi connectivity index (χ3v) is 5.50. The highest BCUT2D eigenvalue weighted by Gasteiger charge is 2.11. The van der Waals surface area contributed by atoms with Gasteiger partial charge in [-0.2, -0.15) is 0 Å². The van der Waals surface area contributed by atoms with Crippen LogP contribution in [0.5, 0.6) is 5.75 Å². The lowest BCUT2D eigenvalue weighted by Crippen LogP contribution is -2.14. The van der Waals surface area contributed by atoms with Crippen LogP contribution in [0.25, 0.3) is 16.4 Å². The Morgan fingerprint density at radius 3 is 2.63 bits per heavy atom. The summed E-state index contributed by atoms with van der Waals surface area (Å²) < 4.78 is 7.09. The molecule has 136 valence electrons. The first-order chi connectivity index (χ1) is 13.2. The highest BCUT2D eigenvalue weighted by atomic mass is 32.1. The molecule has 0 radical (unpaired) electrons. The van der Waals surface area contributed by atoms with Gasteiger partial charge >= 0.3 is 0 Å². The molecule has 0 aliphatic rings. The summed E-state index contributed by atoms with van der Waals surface area (Å²) in [5.74, 6) is 0.667. The molecule has 0 bridgehead atoms. The number of carbonyl (C=O) groups is 1. The first kappa shape index (κ1) is 17.4. The van der Waals surface area contributed by atoms with Gasteiger partial charge in [0.25, 0.3) is 0 Å². The minimum absolute atomic E-state index is 0.130. The summed E-state index contributed by atoms with van der Waals surface area (Å²) in [5, 5.41) is 8.09. The molecule has 1 aromatic carbocycles. The number of carbonyl (C=O) groups excluding carboxylic acids is 1. The lowest BCUT2D eigenvalue weighted by molar-refractivity contribution is -0.115. The number of methoxy groups -OCH3 is 1. The Hall–Kier alpha value is -2.97. The van der Waals surface area contributed by atoms with Crippen LogP contribution in [-0.2, 0) is 11.2 Å². The zero-order valence-corrected chi connectivity index (χ0v) is 16.1. The molecule has 4 rings (SSSR count). The zero-order valence-electron chi connectivity index (χ0n) is 14.5. The summed E-state index contributed by atoms with van der Waals surface area (Å²) in [6.07, 6.45) is 4.08. The van der Waals surface area contributed by atoms with E-state index in [2.05, 4.69) is 15.3 Å². The van der Waals surface area contributed by atoms with Crippen molar-refractivity contribution in [3.63, 3.8) is 0 Å². The number of nitrogens with one attached hydrogen (secondary N) is 1. The molecule has 0 unspecified atom stereocenters. The number of thiazole rings is 2. The normalized spacial score (nSPS) is 10.7. The van der Waals surface area contributed by atoms with Gasteiger partial charge in [0, 0.05) is 28.7 Å². The Morgan fingerprint density at radius 2 is 1.89 bits per heavy atom. The number of rotatable bonds is 6. The molecule has 0 fully saturated rings. The van der Waals surface area contributed by atoms with E-state index in [1.165, 1.54) is 22.7 Å². The number of anilines is 1. The second kappa shape index (κ2) is 7.73. The minimum Gasteiger partial charge on any atom is -0.497 e. The number of aromatic nitrogens is 3. The second-order valence-corrected chi connectivity index (χ2v) is 7.40. The number of ether oxygens (including phenoxy) is 1. The first-order valence-electron chi connectivity index (χ1n) is 8.19. The fraction of sp³-hybridized carbons (Fsp3) is 0.105. The molecule has 0 aliphatic carbocycles. The molecule has 0 atom stereocenters. The largest absolute Gasteiger partial charge is 0.497 e. The van der Waals surface area contributed by atoms with Crippen molar-refractivity contribution in [3.8, 4) is 22.1 Å². The summed E-state index contributed by atoms with van der Waals surface area (Å²) in [5.41, 5.74) is 2.54. The van der Waals surface area contributed by atoms with Crippen molar-refractivity contribution in [3.05, 3.63) is 65.2 Å². The van der Waals surface area contributed by atoms with Gasteiger partial charge in [0.05, 0.1) is 24.9 Å². The molecule has 0 spiro atoms. The Labute approximate surface area is 164 Å². The number of hydrogen-bond acceptors (Lipinski definition) is 6. The molecule has 3 heterocycles. The SMILES string of the molecule is COc1ccc(-c2csc(NC(=O)Cc3csc(-n4cccc4)n3)n2)cc1. The van der Waals surface area contributed by atoms with E-state index in [0.717, 1.165) is 27.8 Å². The zero-order chi connectivity index (χ0) is 18.6. The van der Waals surface area contributed by atoms with Gasteiger partial charge in [0.15, 0.2) is 10.3 Å². The van der Waals surface area contributed by atoms with Gasteiger partial charge < -0.3 is 14.6 Å². The van der Waals surface area contributed by atoms with Crippen molar-refractivity contribution >= 4 is 33.7 Å². The highest BCUT2D eigenvalue weighted by molar-refractivity contribution is 7.14. The average Bonchev–Trinajstić information content (AvgIpc) is 3.43. The second-order valence-electron chi connectivity index (χ2n) is 5.70. The number of amides is 1. The first-order valence-corrected chi connectivity index (χ1v) is 9.95. The van der Waals surface area contributed by atoms with E-state index in [0.29, 0.717) is 5.13 Å². The van der Waals surface area contributed by atoms with Crippen LogP contribution >= 0.6 is 22.7 Å². The molecule has 1 N–H and O–H groups in total. The van der Waals surface area contributed by atoms with E-state index < -0.39 is 0 Å². The number of benzene rings is 1. The Bertz CT molecular complexity index is 1040. The maximum atomic E-state index is 12.3. The standard InChI is InChI=1S/C19H16N4O2S2/c1-25-15-6-4-13(5-7-15)16-12-26-18(21-16)22-17(24)10-14-11-27-19(20-14)23-8-2-3-9-23/h2-9,11-12H,10H2,1H3,(H,21,22,24). The van der Waals surface area contributed by atoms with Gasteiger partial charge in [-0.05, 0) is 36.4 Å². The fourth-order valence-corrected chi connectivity index (χ4v) is 4.04. The third-order valence-electron chi connectivity index (χ3n) is 3.84. The average molecular weight is 396 g/mol. The van der Waals surface area contributed by atoms with Crippen LogP contribution in [0, 0.1) is 0 Å². The van der Waals surface area contributed by atoms with Crippen LogP contribution in [0.15, 0.2) is 59.6 Å². The van der Waals surface area contributed by atoms with E-state index in [9.17, 15) is 4.79 Å². The summed E-state index contributed by atoms with van der Waals surface area (Å²) >= 11 is 2.91. The lowest BCUT2D eigenvalue weighted by Gasteiger charge is -2.01. The predicted octanol–water partition coefficient (Wildman–Crippen LogP) is 4.25. The van der Waals surface area contributed by atoms with E-state index in [4.69, 9.17) is 4.74 Å². The lowest BCUT2D eigenvalue weighted by atomic mass is 10.2. The molecular weight excluding hydrogens is 380 g/mol. The predicted molar refractivity (Wildman–Crippen MR) is 108 cm³/mol. The molecule has 0 saturated heterocycles. The maximum Gasteiger partial charge on any atom is 0.232 e. The van der Waals surface area contributed by atoms with Crippen LogP contribution in [0.3, 0.4) is 0 Å². The summed E-state index contributed by atoms with van der Waals surface area (Å²) in [6.45, 7) is 0. The molecule has 0 aliphatic heterocycles. The van der Waals surface area contributed by atoms with Crippen molar-refractivity contribution in [2.75, 3.05) is 12.4 Å². The maximum absolute atomic E-state index is 12.3. The molecule has 1 amide bonds. The van der Waals surface area contributed by atoms with Crippen LogP contribution in [0.4, 0.5) is 5.13 Å². The van der Waals surface area contributed by atoms with Gasteiger partial charge in [-0.3, -0.25) is 4.79 Å². The van der Waals surface area contributed by atoms with E-state index in [1.54, 1.807) is 7.11 Å². The topological polar surface area (TPSA) is 69.0 Å². The quantitative estimate of drug-likeness (QED) is 0.529. The smallest absolute Gasteiger partial charge is 0.232 e. The Morgan fingerprint density at radius 1 is 1.11 bits per heavy atom. The number of nitrogens with zero attached hydrogens (tertiary/aromatic N) is 3. The van der Waals surface area contributed by atoms with Gasteiger partial charge in [0.1, 0.15) is 5.75 Å². The van der Waals surface area contributed by atoms with E-state index in [1.807, 2.05) is 64.1 Å². The van der Waals surface area contributed by atoms with Gasteiger partial charge in [0.2, 0.25) is 5.91 Å². The molecular formula is C19H16N4O2S2. The fourth-order valence-electron chi connectivity index (χ4n) is 2.51. The summed E-state index contributed by atoms with van der Waals surface area (Å²) in [6, 6.07) is 11.5. The number of hydrogen-bond donors (Lipinski definition) is 1. The van der Waals surface area contributed by atoms with Crippen LogP contribution in [0.2, 0.25) is 0 Å². The highest BCUT2D eigenvalue weighted by Crippen LogP contribution is 2.26. The minimum atomic E-state index is -0.130. The Kier molecular flexibility index (Phi) is 4.99. The van der Waals surface area contributed by atoms with E-state index >= 15 is 0 Å². The third kappa shape index (κ3) is 4.07.